The molecule has 0 fully saturated rings. The van der Waals surface area contributed by atoms with Gasteiger partial charge in [-0.3, -0.25) is 0 Å². The second-order valence-corrected chi connectivity index (χ2v) is 4.39. The van der Waals surface area contributed by atoms with Crippen molar-refractivity contribution in [1.82, 2.24) is 9.97 Å². The highest BCUT2D eigenvalue weighted by atomic mass is 19.1. The second-order valence-electron chi connectivity index (χ2n) is 4.39. The van der Waals surface area contributed by atoms with Crippen molar-refractivity contribution in [2.75, 3.05) is 7.11 Å². The first-order chi connectivity index (χ1) is 9.01. The topological polar surface area (TPSA) is 61.0 Å². The quantitative estimate of drug-likeness (QED) is 0.922. The first-order valence-electron chi connectivity index (χ1n) is 5.96. The zero-order chi connectivity index (χ0) is 14.0. The van der Waals surface area contributed by atoms with Crippen molar-refractivity contribution < 1.29 is 9.13 Å². The Hall–Kier alpha value is -2.01. The van der Waals surface area contributed by atoms with E-state index in [-0.39, 0.29) is 11.8 Å². The fraction of sp³-hybridized carbons (Fsp3) is 0.286. The minimum Gasteiger partial charge on any atom is -0.494 e. The summed E-state index contributed by atoms with van der Waals surface area (Å²) in [7, 11) is 1.43. The summed E-state index contributed by atoms with van der Waals surface area (Å²) in [5.41, 5.74) is 7.91. The molecular weight excluding hydrogens is 245 g/mol. The monoisotopic (exact) mass is 261 g/mol. The fourth-order valence-corrected chi connectivity index (χ4v) is 1.77. The average Bonchev–Trinajstić information content (AvgIpc) is 2.37. The van der Waals surface area contributed by atoms with Crippen molar-refractivity contribution in [1.29, 1.82) is 0 Å². The van der Waals surface area contributed by atoms with Crippen molar-refractivity contribution in [3.05, 3.63) is 41.6 Å². The SMILES string of the molecule is COc1ccc(-c2cc(C)nc(C(C)N)n2)cc1F. The first-order valence-corrected chi connectivity index (χ1v) is 5.96. The lowest BCUT2D eigenvalue weighted by Gasteiger charge is -2.09. The average molecular weight is 261 g/mol. The molecule has 0 saturated heterocycles. The molecule has 1 unspecified atom stereocenters. The van der Waals surface area contributed by atoms with Crippen molar-refractivity contribution >= 4 is 0 Å². The lowest BCUT2D eigenvalue weighted by Crippen LogP contribution is -2.11. The molecule has 4 nitrogen and oxygen atoms in total. The Kier molecular flexibility index (Phi) is 3.76. The van der Waals surface area contributed by atoms with E-state index < -0.39 is 5.82 Å². The van der Waals surface area contributed by atoms with Gasteiger partial charge in [0.25, 0.3) is 0 Å². The van der Waals surface area contributed by atoms with Crippen LogP contribution in [0.15, 0.2) is 24.3 Å². The molecule has 2 aromatic rings. The van der Waals surface area contributed by atoms with Gasteiger partial charge in [-0.15, -0.1) is 0 Å². The predicted octanol–water partition coefficient (Wildman–Crippen LogP) is 2.62. The van der Waals surface area contributed by atoms with Crippen LogP contribution in [0, 0.1) is 12.7 Å². The highest BCUT2D eigenvalue weighted by Crippen LogP contribution is 2.25. The van der Waals surface area contributed by atoms with Crippen LogP contribution < -0.4 is 10.5 Å². The van der Waals surface area contributed by atoms with Gasteiger partial charge in [0.2, 0.25) is 0 Å². The van der Waals surface area contributed by atoms with Gasteiger partial charge in [-0.25, -0.2) is 14.4 Å². The van der Waals surface area contributed by atoms with Gasteiger partial charge in [0.15, 0.2) is 11.6 Å². The van der Waals surface area contributed by atoms with Crippen LogP contribution in [0.2, 0.25) is 0 Å². The maximum Gasteiger partial charge on any atom is 0.165 e. The van der Waals surface area contributed by atoms with Crippen LogP contribution in [0.3, 0.4) is 0 Å². The molecule has 0 saturated carbocycles. The molecule has 1 aromatic carbocycles. The van der Waals surface area contributed by atoms with Gasteiger partial charge < -0.3 is 10.5 Å². The minimum absolute atomic E-state index is 0.210. The number of ether oxygens (including phenoxy) is 1. The number of nitrogens with zero attached hydrogens (tertiary/aromatic N) is 2. The van der Waals surface area contributed by atoms with Crippen LogP contribution in [0.5, 0.6) is 5.75 Å². The molecule has 1 aromatic heterocycles. The number of halogens is 1. The summed E-state index contributed by atoms with van der Waals surface area (Å²) in [6, 6.07) is 6.27. The van der Waals surface area contributed by atoms with E-state index in [2.05, 4.69) is 9.97 Å². The molecule has 0 aliphatic rings. The van der Waals surface area contributed by atoms with Gasteiger partial charge in [-0.1, -0.05) is 0 Å². The van der Waals surface area contributed by atoms with Gasteiger partial charge in [-0.2, -0.15) is 0 Å². The van der Waals surface area contributed by atoms with E-state index in [9.17, 15) is 4.39 Å². The standard InChI is InChI=1S/C14H16FN3O/c1-8-6-12(18-14(17-8)9(2)16)10-4-5-13(19-3)11(15)7-10/h4-7,9H,16H2,1-3H3. The fourth-order valence-electron chi connectivity index (χ4n) is 1.77. The Balaban J connectivity index is 2.49. The number of hydrogen-bond donors (Lipinski definition) is 1. The first kappa shape index (κ1) is 13.4. The van der Waals surface area contributed by atoms with Gasteiger partial charge in [-0.05, 0) is 38.1 Å². The summed E-state index contributed by atoms with van der Waals surface area (Å²) in [6.45, 7) is 3.67. The molecule has 0 amide bonds. The van der Waals surface area contributed by atoms with Crippen molar-refractivity contribution in [3.8, 4) is 17.0 Å². The minimum atomic E-state index is -0.418. The Morgan fingerprint density at radius 2 is 2.00 bits per heavy atom. The van der Waals surface area contributed by atoms with Crippen molar-refractivity contribution in [3.63, 3.8) is 0 Å². The van der Waals surface area contributed by atoms with Crippen LogP contribution in [0.25, 0.3) is 11.3 Å². The number of hydrogen-bond acceptors (Lipinski definition) is 4. The third kappa shape index (κ3) is 2.88. The second kappa shape index (κ2) is 5.32. The van der Waals surface area contributed by atoms with E-state index in [0.717, 1.165) is 5.69 Å². The molecular formula is C14H16FN3O. The third-order valence-electron chi connectivity index (χ3n) is 2.73. The third-order valence-corrected chi connectivity index (χ3v) is 2.73. The maximum atomic E-state index is 13.7. The Morgan fingerprint density at radius 3 is 2.58 bits per heavy atom. The molecule has 0 spiro atoms. The molecule has 1 heterocycles. The van der Waals surface area contributed by atoms with E-state index in [4.69, 9.17) is 10.5 Å². The van der Waals surface area contributed by atoms with E-state index in [1.54, 1.807) is 18.2 Å². The van der Waals surface area contributed by atoms with E-state index >= 15 is 0 Å². The Labute approximate surface area is 111 Å². The molecule has 2 N–H and O–H groups in total. The van der Waals surface area contributed by atoms with E-state index in [0.29, 0.717) is 17.1 Å². The summed E-state index contributed by atoms with van der Waals surface area (Å²) in [6.07, 6.45) is 0. The lowest BCUT2D eigenvalue weighted by molar-refractivity contribution is 0.386. The summed E-state index contributed by atoms with van der Waals surface area (Å²) >= 11 is 0. The molecule has 0 radical (unpaired) electrons. The number of aromatic nitrogens is 2. The molecule has 0 aliphatic heterocycles. The van der Waals surface area contributed by atoms with Crippen molar-refractivity contribution in [2.24, 2.45) is 5.73 Å². The van der Waals surface area contributed by atoms with Crippen LogP contribution in [0.1, 0.15) is 24.5 Å². The summed E-state index contributed by atoms with van der Waals surface area (Å²) < 4.78 is 18.6. The number of methoxy groups -OCH3 is 1. The smallest absolute Gasteiger partial charge is 0.165 e. The zero-order valence-electron chi connectivity index (χ0n) is 11.1. The van der Waals surface area contributed by atoms with Crippen LogP contribution in [-0.2, 0) is 0 Å². The molecule has 100 valence electrons. The van der Waals surface area contributed by atoms with Gasteiger partial charge in [0.1, 0.15) is 5.82 Å². The Morgan fingerprint density at radius 1 is 1.26 bits per heavy atom. The zero-order valence-corrected chi connectivity index (χ0v) is 11.1. The maximum absolute atomic E-state index is 13.7. The van der Waals surface area contributed by atoms with Gasteiger partial charge >= 0.3 is 0 Å². The molecule has 0 aliphatic carbocycles. The Bertz CT molecular complexity index is 599. The van der Waals surface area contributed by atoms with E-state index in [1.165, 1.54) is 13.2 Å². The molecule has 5 heteroatoms. The predicted molar refractivity (Wildman–Crippen MR) is 71.3 cm³/mol. The summed E-state index contributed by atoms with van der Waals surface area (Å²) in [5, 5.41) is 0. The normalized spacial score (nSPS) is 12.3. The molecule has 2 rings (SSSR count). The summed E-state index contributed by atoms with van der Waals surface area (Å²) in [4.78, 5) is 8.62. The van der Waals surface area contributed by atoms with Crippen LogP contribution in [-0.4, -0.2) is 17.1 Å². The number of rotatable bonds is 3. The highest BCUT2D eigenvalue weighted by Gasteiger charge is 2.10. The van der Waals surface area contributed by atoms with Crippen molar-refractivity contribution in [2.45, 2.75) is 19.9 Å². The number of nitrogens with two attached hydrogens (primary N) is 1. The molecule has 1 atom stereocenters. The molecule has 0 bridgehead atoms. The van der Waals surface area contributed by atoms with E-state index in [1.807, 2.05) is 13.8 Å². The van der Waals surface area contributed by atoms with Crippen LogP contribution in [0.4, 0.5) is 4.39 Å². The number of aryl methyl sites for hydroxylation is 1. The number of benzene rings is 1. The van der Waals surface area contributed by atoms with Gasteiger partial charge in [0.05, 0.1) is 18.8 Å². The summed E-state index contributed by atoms with van der Waals surface area (Å²) in [5.74, 6) is 0.340. The van der Waals surface area contributed by atoms with Crippen LogP contribution >= 0.6 is 0 Å². The lowest BCUT2D eigenvalue weighted by atomic mass is 10.1. The van der Waals surface area contributed by atoms with Gasteiger partial charge in [0, 0.05) is 11.3 Å². The molecule has 19 heavy (non-hydrogen) atoms. The highest BCUT2D eigenvalue weighted by molar-refractivity contribution is 5.60. The largest absolute Gasteiger partial charge is 0.494 e.